The molecule has 16 heavy (non-hydrogen) atoms. The summed E-state index contributed by atoms with van der Waals surface area (Å²) in [7, 11) is 0. The Hall–Kier alpha value is -1.61. The zero-order valence-corrected chi connectivity index (χ0v) is 9.67. The highest BCUT2D eigenvalue weighted by atomic mass is 32.1. The van der Waals surface area contributed by atoms with Gasteiger partial charge in [0.2, 0.25) is 0 Å². The van der Waals surface area contributed by atoms with Crippen LogP contribution in [0.1, 0.15) is 22.3 Å². The van der Waals surface area contributed by atoms with Gasteiger partial charge in [-0.05, 0) is 53.1 Å². The van der Waals surface area contributed by atoms with Crippen molar-refractivity contribution in [1.29, 1.82) is 0 Å². The quantitative estimate of drug-likeness (QED) is 0.649. The topological polar surface area (TPSA) is 43.1 Å². The van der Waals surface area contributed by atoms with Gasteiger partial charge in [0.05, 0.1) is 0 Å². The minimum Gasteiger partial charge on any atom is -0.399 e. The molecular weight excluding hydrogens is 218 g/mol. The van der Waals surface area contributed by atoms with E-state index in [0.717, 1.165) is 12.0 Å². The van der Waals surface area contributed by atoms with Crippen LogP contribution in [0.2, 0.25) is 0 Å². The Bertz CT molecular complexity index is 459. The Kier molecular flexibility index (Phi) is 3.37. The predicted molar refractivity (Wildman–Crippen MR) is 67.8 cm³/mol. The molecule has 2 nitrogen and oxygen atoms in total. The van der Waals surface area contributed by atoms with Crippen molar-refractivity contribution in [2.75, 3.05) is 5.73 Å². The fourth-order valence-corrected chi connectivity index (χ4v) is 2.21. The van der Waals surface area contributed by atoms with Gasteiger partial charge >= 0.3 is 0 Å². The van der Waals surface area contributed by atoms with Crippen LogP contribution in [0.25, 0.3) is 0 Å². The molecule has 0 atom stereocenters. The van der Waals surface area contributed by atoms with E-state index in [2.05, 4.69) is 11.4 Å². The molecule has 0 amide bonds. The van der Waals surface area contributed by atoms with Crippen LogP contribution in [0.3, 0.4) is 0 Å². The van der Waals surface area contributed by atoms with Crippen molar-refractivity contribution < 1.29 is 4.79 Å². The van der Waals surface area contributed by atoms with Crippen molar-refractivity contribution in [2.24, 2.45) is 0 Å². The fraction of sp³-hybridized carbons (Fsp3) is 0.154. The van der Waals surface area contributed by atoms with Crippen LogP contribution in [0.15, 0.2) is 41.1 Å². The van der Waals surface area contributed by atoms with E-state index in [1.54, 1.807) is 35.6 Å². The van der Waals surface area contributed by atoms with Crippen molar-refractivity contribution in [1.82, 2.24) is 0 Å². The maximum Gasteiger partial charge on any atom is 0.163 e. The van der Waals surface area contributed by atoms with Gasteiger partial charge in [-0.25, -0.2) is 0 Å². The van der Waals surface area contributed by atoms with Gasteiger partial charge in [0, 0.05) is 17.7 Å². The van der Waals surface area contributed by atoms with Crippen LogP contribution in [0.4, 0.5) is 5.69 Å². The second-order valence-corrected chi connectivity index (χ2v) is 4.46. The average Bonchev–Trinajstić information content (AvgIpc) is 2.80. The Morgan fingerprint density at radius 1 is 1.19 bits per heavy atom. The molecule has 0 radical (unpaired) electrons. The first-order valence-corrected chi connectivity index (χ1v) is 6.10. The molecule has 0 fully saturated rings. The zero-order valence-electron chi connectivity index (χ0n) is 8.85. The summed E-state index contributed by atoms with van der Waals surface area (Å²) in [6.45, 7) is 0. The van der Waals surface area contributed by atoms with Crippen molar-refractivity contribution in [3.8, 4) is 0 Å². The molecule has 1 aromatic heterocycles. The van der Waals surface area contributed by atoms with Crippen LogP contribution < -0.4 is 5.73 Å². The van der Waals surface area contributed by atoms with E-state index in [1.165, 1.54) is 5.56 Å². The second kappa shape index (κ2) is 4.94. The van der Waals surface area contributed by atoms with E-state index in [-0.39, 0.29) is 5.78 Å². The number of hydrogen-bond donors (Lipinski definition) is 1. The number of ketones is 1. The minimum absolute atomic E-state index is 0.172. The number of nitrogen functional groups attached to an aromatic ring is 1. The molecule has 1 aromatic carbocycles. The molecule has 2 N–H and O–H groups in total. The summed E-state index contributed by atoms with van der Waals surface area (Å²) in [6.07, 6.45) is 1.37. The number of Topliss-reactive ketones (excluding diaryl/α,β-unsaturated/α-hetero) is 1. The van der Waals surface area contributed by atoms with Crippen molar-refractivity contribution in [3.05, 3.63) is 52.2 Å². The second-order valence-electron chi connectivity index (χ2n) is 3.68. The molecule has 0 saturated heterocycles. The highest BCUT2D eigenvalue weighted by Crippen LogP contribution is 2.12. The van der Waals surface area contributed by atoms with Gasteiger partial charge in [-0.15, -0.1) is 0 Å². The van der Waals surface area contributed by atoms with E-state index in [0.29, 0.717) is 12.1 Å². The minimum atomic E-state index is 0.172. The number of benzene rings is 1. The number of carbonyl (C=O) groups is 1. The molecule has 0 aliphatic carbocycles. The molecule has 3 heteroatoms. The molecule has 0 aliphatic heterocycles. The number of aryl methyl sites for hydroxylation is 1. The van der Waals surface area contributed by atoms with Crippen LogP contribution >= 0.6 is 11.3 Å². The third kappa shape index (κ3) is 2.70. The van der Waals surface area contributed by atoms with Gasteiger partial charge < -0.3 is 5.73 Å². The number of nitrogens with two attached hydrogens (primary N) is 1. The number of carbonyl (C=O) groups excluding carboxylic acids is 1. The largest absolute Gasteiger partial charge is 0.399 e. The first-order valence-electron chi connectivity index (χ1n) is 5.15. The standard InChI is InChI=1S/C13H13NOS/c14-12-4-2-11(3-5-12)13(15)6-1-10-7-8-16-9-10/h2-5,7-9H,1,6,14H2. The molecule has 0 aliphatic rings. The molecule has 2 rings (SSSR count). The number of thiophene rings is 1. The van der Waals surface area contributed by atoms with Crippen molar-refractivity contribution >= 4 is 22.8 Å². The summed E-state index contributed by atoms with van der Waals surface area (Å²) >= 11 is 1.66. The monoisotopic (exact) mass is 231 g/mol. The lowest BCUT2D eigenvalue weighted by Crippen LogP contribution is -2.00. The lowest BCUT2D eigenvalue weighted by Gasteiger charge is -2.00. The van der Waals surface area contributed by atoms with Crippen LogP contribution in [0.5, 0.6) is 0 Å². The predicted octanol–water partition coefficient (Wildman–Crippen LogP) is 3.15. The van der Waals surface area contributed by atoms with Gasteiger partial charge in [0.25, 0.3) is 0 Å². The molecule has 82 valence electrons. The van der Waals surface area contributed by atoms with Crippen LogP contribution in [0, 0.1) is 0 Å². The molecule has 1 heterocycles. The highest BCUT2D eigenvalue weighted by Gasteiger charge is 2.05. The summed E-state index contributed by atoms with van der Waals surface area (Å²) in [5.41, 5.74) is 8.23. The molecular formula is C13H13NOS. The van der Waals surface area contributed by atoms with Gasteiger partial charge in [0.15, 0.2) is 5.78 Å². The SMILES string of the molecule is Nc1ccc(C(=O)CCc2ccsc2)cc1. The lowest BCUT2D eigenvalue weighted by atomic mass is 10.0. The number of anilines is 1. The number of rotatable bonds is 4. The molecule has 0 spiro atoms. The Morgan fingerprint density at radius 3 is 2.56 bits per heavy atom. The first-order chi connectivity index (χ1) is 7.75. The maximum absolute atomic E-state index is 11.8. The smallest absolute Gasteiger partial charge is 0.163 e. The van der Waals surface area contributed by atoms with E-state index >= 15 is 0 Å². The molecule has 0 bridgehead atoms. The van der Waals surface area contributed by atoms with Crippen molar-refractivity contribution in [3.63, 3.8) is 0 Å². The average molecular weight is 231 g/mol. The Morgan fingerprint density at radius 2 is 1.94 bits per heavy atom. The van der Waals surface area contributed by atoms with Crippen LogP contribution in [-0.2, 0) is 6.42 Å². The Labute approximate surface area is 98.7 Å². The summed E-state index contributed by atoms with van der Waals surface area (Å²) in [5.74, 6) is 0.172. The van der Waals surface area contributed by atoms with E-state index in [9.17, 15) is 4.79 Å². The van der Waals surface area contributed by atoms with E-state index < -0.39 is 0 Å². The molecule has 2 aromatic rings. The molecule has 0 saturated carbocycles. The Balaban J connectivity index is 1.95. The first kappa shape index (κ1) is 10.9. The van der Waals surface area contributed by atoms with E-state index in [4.69, 9.17) is 5.73 Å². The summed E-state index contributed by atoms with van der Waals surface area (Å²) in [6, 6.07) is 9.15. The lowest BCUT2D eigenvalue weighted by molar-refractivity contribution is 0.0983. The maximum atomic E-state index is 11.8. The highest BCUT2D eigenvalue weighted by molar-refractivity contribution is 7.07. The molecule has 0 unspecified atom stereocenters. The van der Waals surface area contributed by atoms with Crippen molar-refractivity contribution in [2.45, 2.75) is 12.8 Å². The summed E-state index contributed by atoms with van der Waals surface area (Å²) in [5, 5.41) is 4.11. The van der Waals surface area contributed by atoms with Gasteiger partial charge in [-0.2, -0.15) is 11.3 Å². The fourth-order valence-electron chi connectivity index (χ4n) is 1.51. The summed E-state index contributed by atoms with van der Waals surface area (Å²) < 4.78 is 0. The number of hydrogen-bond acceptors (Lipinski definition) is 3. The summed E-state index contributed by atoms with van der Waals surface area (Å²) in [4.78, 5) is 11.8. The van der Waals surface area contributed by atoms with Gasteiger partial charge in [-0.3, -0.25) is 4.79 Å². The van der Waals surface area contributed by atoms with Gasteiger partial charge in [-0.1, -0.05) is 0 Å². The van der Waals surface area contributed by atoms with E-state index in [1.807, 2.05) is 5.38 Å². The zero-order chi connectivity index (χ0) is 11.4. The van der Waals surface area contributed by atoms with Gasteiger partial charge in [0.1, 0.15) is 0 Å². The normalized spacial score (nSPS) is 10.2. The van der Waals surface area contributed by atoms with Crippen LogP contribution in [-0.4, -0.2) is 5.78 Å². The third-order valence-electron chi connectivity index (χ3n) is 2.45. The third-order valence-corrected chi connectivity index (χ3v) is 3.19.